The number of nitrogens with two attached hydrogens (primary N) is 1. The second-order valence-corrected chi connectivity index (χ2v) is 5.54. The van der Waals surface area contributed by atoms with Gasteiger partial charge >= 0.3 is 0 Å². The van der Waals surface area contributed by atoms with Crippen molar-refractivity contribution in [2.45, 2.75) is 26.3 Å². The third kappa shape index (κ3) is 1.90. The van der Waals surface area contributed by atoms with Gasteiger partial charge in [0.05, 0.1) is 0 Å². The Balaban J connectivity index is 2.37. The van der Waals surface area contributed by atoms with Crippen molar-refractivity contribution in [3.8, 4) is 0 Å². The number of rotatable bonds is 4. The normalized spacial score (nSPS) is 11.4. The lowest BCUT2D eigenvalue weighted by atomic mass is 10.3. The molecule has 0 unspecified atom stereocenters. The zero-order valence-electron chi connectivity index (χ0n) is 11.0. The fourth-order valence-electron chi connectivity index (χ4n) is 2.34. The van der Waals surface area contributed by atoms with Crippen LogP contribution in [0.3, 0.4) is 0 Å². The zero-order valence-corrected chi connectivity index (χ0v) is 11.8. The Morgan fingerprint density at radius 3 is 3.00 bits per heavy atom. The van der Waals surface area contributed by atoms with Gasteiger partial charge in [0.25, 0.3) is 5.56 Å². The molecule has 3 heterocycles. The molecule has 7 heteroatoms. The minimum Gasteiger partial charge on any atom is -0.368 e. The molecule has 3 rings (SSSR count). The summed E-state index contributed by atoms with van der Waals surface area (Å²) < 4.78 is 3.05. The largest absolute Gasteiger partial charge is 0.368 e. The van der Waals surface area contributed by atoms with Crippen molar-refractivity contribution < 1.29 is 4.79 Å². The van der Waals surface area contributed by atoms with Crippen LogP contribution < -0.4 is 11.3 Å². The Bertz CT molecular complexity index is 858. The van der Waals surface area contributed by atoms with Gasteiger partial charge in [0.1, 0.15) is 22.7 Å². The Hall–Kier alpha value is -2.15. The minimum absolute atomic E-state index is 0.190. The Kier molecular flexibility index (Phi) is 3.06. The summed E-state index contributed by atoms with van der Waals surface area (Å²) in [6, 6.07) is 3.81. The van der Waals surface area contributed by atoms with Crippen LogP contribution >= 0.6 is 11.3 Å². The lowest BCUT2D eigenvalue weighted by molar-refractivity contribution is -0.118. The van der Waals surface area contributed by atoms with Gasteiger partial charge in [-0.05, 0) is 23.9 Å². The van der Waals surface area contributed by atoms with Gasteiger partial charge in [-0.25, -0.2) is 4.68 Å². The van der Waals surface area contributed by atoms with E-state index in [1.165, 1.54) is 0 Å². The molecular formula is C13H14N4O2S. The van der Waals surface area contributed by atoms with Gasteiger partial charge in [-0.3, -0.25) is 14.0 Å². The van der Waals surface area contributed by atoms with Gasteiger partial charge in [0, 0.05) is 11.8 Å². The molecule has 0 radical (unpaired) electrons. The number of primary amides is 1. The maximum atomic E-state index is 12.4. The first-order valence-corrected chi connectivity index (χ1v) is 7.26. The molecule has 6 nitrogen and oxygen atoms in total. The summed E-state index contributed by atoms with van der Waals surface area (Å²) in [6.45, 7) is 1.86. The standard InChI is InChI=1S/C13H14N4O2S/c1-2-3-11-15-16(7-10(14)18)12(19)9-6-8-4-5-20-13(8)17(9)11/h4-6H,2-3,7H2,1H3,(H2,14,18). The van der Waals surface area contributed by atoms with Crippen LogP contribution in [0.4, 0.5) is 0 Å². The molecule has 0 aliphatic heterocycles. The Morgan fingerprint density at radius 1 is 1.50 bits per heavy atom. The molecular weight excluding hydrogens is 276 g/mol. The average Bonchev–Trinajstić information content (AvgIpc) is 2.94. The summed E-state index contributed by atoms with van der Waals surface area (Å²) in [7, 11) is 0. The topological polar surface area (TPSA) is 82.4 Å². The van der Waals surface area contributed by atoms with Crippen LogP contribution in [0.5, 0.6) is 0 Å². The molecule has 0 fully saturated rings. The van der Waals surface area contributed by atoms with E-state index in [-0.39, 0.29) is 12.1 Å². The molecule has 0 spiro atoms. The minimum atomic E-state index is -0.570. The van der Waals surface area contributed by atoms with E-state index in [1.807, 2.05) is 28.8 Å². The van der Waals surface area contributed by atoms with Crippen molar-refractivity contribution in [3.05, 3.63) is 33.7 Å². The van der Waals surface area contributed by atoms with E-state index in [9.17, 15) is 9.59 Å². The van der Waals surface area contributed by atoms with E-state index < -0.39 is 5.91 Å². The monoisotopic (exact) mass is 290 g/mol. The average molecular weight is 290 g/mol. The van der Waals surface area contributed by atoms with Crippen molar-refractivity contribution in [2.24, 2.45) is 5.73 Å². The van der Waals surface area contributed by atoms with Gasteiger partial charge in [0.15, 0.2) is 0 Å². The quantitative estimate of drug-likeness (QED) is 0.782. The van der Waals surface area contributed by atoms with Crippen molar-refractivity contribution in [1.82, 2.24) is 14.2 Å². The number of aromatic nitrogens is 3. The predicted molar refractivity (Wildman–Crippen MR) is 78.0 cm³/mol. The van der Waals surface area contributed by atoms with Crippen LogP contribution in [0.1, 0.15) is 19.2 Å². The van der Waals surface area contributed by atoms with Crippen LogP contribution in [-0.4, -0.2) is 20.1 Å². The van der Waals surface area contributed by atoms with Crippen molar-refractivity contribution in [3.63, 3.8) is 0 Å². The lowest BCUT2D eigenvalue weighted by Gasteiger charge is -2.08. The van der Waals surface area contributed by atoms with E-state index in [4.69, 9.17) is 5.73 Å². The third-order valence-electron chi connectivity index (χ3n) is 3.14. The molecule has 104 valence electrons. The van der Waals surface area contributed by atoms with E-state index in [2.05, 4.69) is 5.10 Å². The predicted octanol–water partition coefficient (Wildman–Crippen LogP) is 1.15. The number of thiophene rings is 1. The number of amides is 1. The highest BCUT2D eigenvalue weighted by Crippen LogP contribution is 2.24. The Morgan fingerprint density at radius 2 is 2.30 bits per heavy atom. The molecule has 0 bridgehead atoms. The first-order chi connectivity index (χ1) is 9.61. The lowest BCUT2D eigenvalue weighted by Crippen LogP contribution is -2.32. The van der Waals surface area contributed by atoms with E-state index >= 15 is 0 Å². The molecule has 0 aliphatic rings. The van der Waals surface area contributed by atoms with E-state index in [0.717, 1.165) is 33.6 Å². The van der Waals surface area contributed by atoms with Gasteiger partial charge in [0.2, 0.25) is 5.91 Å². The molecule has 3 aromatic rings. The third-order valence-corrected chi connectivity index (χ3v) is 4.05. The maximum Gasteiger partial charge on any atom is 0.291 e. The molecule has 1 amide bonds. The molecule has 0 aliphatic carbocycles. The smallest absolute Gasteiger partial charge is 0.291 e. The molecule has 0 saturated heterocycles. The molecule has 20 heavy (non-hydrogen) atoms. The van der Waals surface area contributed by atoms with Crippen LogP contribution in [0.15, 0.2) is 22.3 Å². The van der Waals surface area contributed by atoms with Crippen molar-refractivity contribution in [2.75, 3.05) is 0 Å². The van der Waals surface area contributed by atoms with Crippen molar-refractivity contribution >= 4 is 33.0 Å². The second kappa shape index (κ2) is 4.75. The summed E-state index contributed by atoms with van der Waals surface area (Å²) >= 11 is 1.58. The highest BCUT2D eigenvalue weighted by atomic mass is 32.1. The van der Waals surface area contributed by atoms with Gasteiger partial charge in [-0.1, -0.05) is 6.92 Å². The second-order valence-electron chi connectivity index (χ2n) is 4.64. The molecule has 0 saturated carbocycles. The first kappa shape index (κ1) is 12.9. The maximum absolute atomic E-state index is 12.4. The number of hydrogen-bond donors (Lipinski definition) is 1. The van der Waals surface area contributed by atoms with Crippen LogP contribution in [-0.2, 0) is 17.8 Å². The summed E-state index contributed by atoms with van der Waals surface area (Å²) in [4.78, 5) is 24.4. The van der Waals surface area contributed by atoms with E-state index in [0.29, 0.717) is 5.52 Å². The fourth-order valence-corrected chi connectivity index (χ4v) is 3.26. The molecule has 3 aromatic heterocycles. The summed E-state index contributed by atoms with van der Waals surface area (Å²) in [5, 5.41) is 7.31. The SMILES string of the molecule is CCCc1nn(CC(N)=O)c(=O)c2cc3ccsc3n12. The van der Waals surface area contributed by atoms with E-state index in [1.54, 1.807) is 11.3 Å². The van der Waals surface area contributed by atoms with Crippen LogP contribution in [0.25, 0.3) is 15.7 Å². The fraction of sp³-hybridized carbons (Fsp3) is 0.308. The number of aryl methyl sites for hydroxylation is 1. The molecule has 2 N–H and O–H groups in total. The number of carbonyl (C=O) groups is 1. The summed E-state index contributed by atoms with van der Waals surface area (Å²) in [5.41, 5.74) is 5.44. The number of carbonyl (C=O) groups excluding carboxylic acids is 1. The Labute approximate surface area is 118 Å². The van der Waals surface area contributed by atoms with Gasteiger partial charge in [-0.2, -0.15) is 5.10 Å². The molecule has 0 atom stereocenters. The van der Waals surface area contributed by atoms with Crippen LogP contribution in [0, 0.1) is 0 Å². The summed E-state index contributed by atoms with van der Waals surface area (Å²) in [6.07, 6.45) is 1.64. The van der Waals surface area contributed by atoms with Crippen LogP contribution in [0.2, 0.25) is 0 Å². The highest BCUT2D eigenvalue weighted by Gasteiger charge is 2.15. The number of fused-ring (bicyclic) bond motifs is 3. The zero-order chi connectivity index (χ0) is 14.3. The van der Waals surface area contributed by atoms with Crippen molar-refractivity contribution in [1.29, 1.82) is 0 Å². The highest BCUT2D eigenvalue weighted by molar-refractivity contribution is 7.16. The summed E-state index contributed by atoms with van der Waals surface area (Å²) in [5.74, 6) is 0.209. The number of nitrogens with zero attached hydrogens (tertiary/aromatic N) is 3. The van der Waals surface area contributed by atoms with Gasteiger partial charge < -0.3 is 5.73 Å². The molecule has 0 aromatic carbocycles. The van der Waals surface area contributed by atoms with Gasteiger partial charge in [-0.15, -0.1) is 11.3 Å². The first-order valence-electron chi connectivity index (χ1n) is 6.38. The number of hydrogen-bond acceptors (Lipinski definition) is 4.